The van der Waals surface area contributed by atoms with Crippen molar-refractivity contribution in [3.63, 3.8) is 0 Å². The Kier molecular flexibility index (Phi) is 7.24. The van der Waals surface area contributed by atoms with Crippen LogP contribution >= 0.6 is 22.9 Å². The van der Waals surface area contributed by atoms with E-state index >= 15 is 0 Å². The number of hydrogen-bond donors (Lipinski definition) is 1. The number of benzene rings is 1. The monoisotopic (exact) mass is 528 g/mol. The Bertz CT molecular complexity index is 1470. The second kappa shape index (κ2) is 10.2. The average Bonchev–Trinajstić information content (AvgIpc) is 3.43. The molecule has 9 nitrogen and oxygen atoms in total. The Hall–Kier alpha value is -3.22. The maximum atomic E-state index is 13.2. The predicted octanol–water partition coefficient (Wildman–Crippen LogP) is 3.27. The summed E-state index contributed by atoms with van der Waals surface area (Å²) in [5.41, 5.74) is 4.57. The normalized spacial score (nSPS) is 15.3. The van der Waals surface area contributed by atoms with Crippen molar-refractivity contribution >= 4 is 38.7 Å². The fourth-order valence-corrected chi connectivity index (χ4v) is 6.27. The second-order valence-electron chi connectivity index (χ2n) is 8.05. The molecule has 0 saturated carbocycles. The highest BCUT2D eigenvalue weighted by Gasteiger charge is 2.29. The Balaban J connectivity index is 1.78. The fourth-order valence-electron chi connectivity index (χ4n) is 3.71. The summed E-state index contributed by atoms with van der Waals surface area (Å²) in [6, 6.07) is 13.4. The van der Waals surface area contributed by atoms with Crippen LogP contribution in [0.3, 0.4) is 0 Å². The molecule has 0 unspecified atom stereocenters. The van der Waals surface area contributed by atoms with E-state index in [1.165, 1.54) is 21.0 Å². The zero-order chi connectivity index (χ0) is 25.2. The van der Waals surface area contributed by atoms with Gasteiger partial charge in [-0.15, -0.1) is 11.3 Å². The molecule has 3 heterocycles. The second-order valence-corrected chi connectivity index (χ2v) is 11.9. The van der Waals surface area contributed by atoms with Crippen LogP contribution < -0.4 is 5.43 Å². The Morgan fingerprint density at radius 3 is 2.63 bits per heavy atom. The predicted molar refractivity (Wildman–Crippen MR) is 133 cm³/mol. The van der Waals surface area contributed by atoms with E-state index in [2.05, 4.69) is 22.7 Å². The van der Waals surface area contributed by atoms with Gasteiger partial charge in [0.05, 0.1) is 33.2 Å². The number of aryl methyl sites for hydroxylation is 2. The molecule has 1 amide bonds. The first-order chi connectivity index (χ1) is 16.7. The molecule has 3 aromatic rings. The van der Waals surface area contributed by atoms with E-state index in [-0.39, 0.29) is 35.9 Å². The molecule has 1 fully saturated rings. The van der Waals surface area contributed by atoms with Crippen molar-refractivity contribution in [3.05, 3.63) is 57.1 Å². The summed E-state index contributed by atoms with van der Waals surface area (Å²) in [4.78, 5) is 14.8. The maximum Gasteiger partial charge on any atom is 0.287 e. The number of hydrogen-bond acceptors (Lipinski definition) is 8. The first-order valence-corrected chi connectivity index (χ1v) is 13.8. The number of amides is 1. The number of rotatable bonds is 6. The number of nitrogens with one attached hydrogen (secondary N) is 1. The van der Waals surface area contributed by atoms with Crippen molar-refractivity contribution in [2.24, 2.45) is 0 Å². The van der Waals surface area contributed by atoms with Crippen molar-refractivity contribution in [1.82, 2.24) is 20.2 Å². The Morgan fingerprint density at radius 1 is 1.23 bits per heavy atom. The minimum absolute atomic E-state index is 0.0578. The molecule has 180 valence electrons. The lowest BCUT2D eigenvalue weighted by Gasteiger charge is -2.26. The van der Waals surface area contributed by atoms with Gasteiger partial charge in [0.25, 0.3) is 5.91 Å². The largest absolute Gasteiger partial charge is 0.287 e. The van der Waals surface area contributed by atoms with Crippen LogP contribution in [0.15, 0.2) is 30.3 Å². The summed E-state index contributed by atoms with van der Waals surface area (Å²) in [6.07, 6.45) is 0.945. The quantitative estimate of drug-likeness (QED) is 0.519. The third kappa shape index (κ3) is 5.39. The molecule has 1 aliphatic rings. The summed E-state index contributed by atoms with van der Waals surface area (Å²) in [7, 11) is -3.11. The molecule has 0 aliphatic carbocycles. The highest BCUT2D eigenvalue weighted by atomic mass is 35.5. The van der Waals surface area contributed by atoms with Gasteiger partial charge in [-0.3, -0.25) is 10.2 Å². The highest BCUT2D eigenvalue weighted by molar-refractivity contribution is 7.91. The molecule has 0 radical (unpaired) electrons. The van der Waals surface area contributed by atoms with Gasteiger partial charge in [0.2, 0.25) is 0 Å². The fraction of sp³-hybridized carbons (Fsp3) is 0.304. The van der Waals surface area contributed by atoms with Crippen LogP contribution in [-0.2, 0) is 16.3 Å². The number of thiophene rings is 1. The first kappa shape index (κ1) is 24.9. The van der Waals surface area contributed by atoms with Crippen LogP contribution in [0.4, 0.5) is 0 Å². The van der Waals surface area contributed by atoms with Crippen LogP contribution in [0.1, 0.15) is 32.9 Å². The number of halogens is 1. The van der Waals surface area contributed by atoms with E-state index in [1.807, 2.05) is 25.1 Å². The number of carbonyl (C=O) groups excluding carboxylic acids is 1. The van der Waals surface area contributed by atoms with E-state index in [1.54, 1.807) is 12.1 Å². The molecule has 0 atom stereocenters. The molecule has 1 saturated heterocycles. The van der Waals surface area contributed by atoms with Crippen LogP contribution in [0.2, 0.25) is 5.02 Å². The van der Waals surface area contributed by atoms with Crippen molar-refractivity contribution < 1.29 is 13.2 Å². The Morgan fingerprint density at radius 2 is 1.97 bits per heavy atom. The smallest absolute Gasteiger partial charge is 0.283 e. The molecule has 12 heteroatoms. The molecule has 1 aliphatic heterocycles. The molecular formula is C23H21ClN6O3S2. The van der Waals surface area contributed by atoms with Gasteiger partial charge in [-0.05, 0) is 43.2 Å². The van der Waals surface area contributed by atoms with Gasteiger partial charge in [0.15, 0.2) is 15.5 Å². The van der Waals surface area contributed by atoms with Crippen LogP contribution in [0.25, 0.3) is 16.3 Å². The first-order valence-electron chi connectivity index (χ1n) is 10.7. The topological polar surface area (TPSA) is 132 Å². The van der Waals surface area contributed by atoms with E-state index in [9.17, 15) is 18.5 Å². The van der Waals surface area contributed by atoms with E-state index in [4.69, 9.17) is 16.9 Å². The Labute approximate surface area is 212 Å². The van der Waals surface area contributed by atoms with Gasteiger partial charge in [-0.2, -0.15) is 15.6 Å². The van der Waals surface area contributed by atoms with Gasteiger partial charge < -0.3 is 0 Å². The third-order valence-corrected chi connectivity index (χ3v) is 8.59. The zero-order valence-corrected chi connectivity index (χ0v) is 21.2. The summed E-state index contributed by atoms with van der Waals surface area (Å²) >= 11 is 7.94. The van der Waals surface area contributed by atoms with Crippen LogP contribution in [0, 0.1) is 29.6 Å². The summed E-state index contributed by atoms with van der Waals surface area (Å²) < 4.78 is 24.9. The number of nitriles is 2. The van der Waals surface area contributed by atoms with Gasteiger partial charge in [0.1, 0.15) is 17.3 Å². The number of sulfone groups is 1. The SMILES string of the molecule is Cc1ccc(-n2nc(C(=O)NN3CCS(=O)(=O)CC3)c(C#N)c2-c2ccc(CCC#N)s2)c(Cl)c1. The zero-order valence-electron chi connectivity index (χ0n) is 18.8. The number of nitrogens with zero attached hydrogens (tertiary/aromatic N) is 5. The van der Waals surface area contributed by atoms with Crippen LogP contribution in [-0.4, -0.2) is 53.7 Å². The lowest BCUT2D eigenvalue weighted by atomic mass is 10.1. The minimum atomic E-state index is -3.11. The van der Waals surface area contributed by atoms with Crippen molar-refractivity contribution in [2.45, 2.75) is 19.8 Å². The van der Waals surface area contributed by atoms with Crippen LogP contribution in [0.5, 0.6) is 0 Å². The molecular weight excluding hydrogens is 508 g/mol. The average molecular weight is 529 g/mol. The van der Waals surface area contributed by atoms with E-state index in [0.717, 1.165) is 10.4 Å². The summed E-state index contributed by atoms with van der Waals surface area (Å²) in [5.74, 6) is -0.722. The maximum absolute atomic E-state index is 13.2. The number of hydrazine groups is 1. The third-order valence-electron chi connectivity index (χ3n) is 5.53. The van der Waals surface area contributed by atoms with Crippen molar-refractivity contribution in [3.8, 4) is 28.4 Å². The minimum Gasteiger partial charge on any atom is -0.283 e. The molecule has 1 aromatic carbocycles. The molecule has 0 bridgehead atoms. The molecule has 1 N–H and O–H groups in total. The van der Waals surface area contributed by atoms with E-state index in [0.29, 0.717) is 34.1 Å². The number of aromatic nitrogens is 2. The molecule has 35 heavy (non-hydrogen) atoms. The molecule has 4 rings (SSSR count). The van der Waals surface area contributed by atoms with Gasteiger partial charge in [-0.1, -0.05) is 17.7 Å². The summed E-state index contributed by atoms with van der Waals surface area (Å²) in [6.45, 7) is 2.21. The van der Waals surface area contributed by atoms with Crippen molar-refractivity contribution in [1.29, 1.82) is 10.5 Å². The molecule has 0 spiro atoms. The van der Waals surface area contributed by atoms with Gasteiger partial charge >= 0.3 is 0 Å². The standard InChI is InChI=1S/C23H21ClN6O3S2/c1-15-4-6-19(18(24)13-15)30-22(20-7-5-16(34-20)3-2-8-25)17(14-26)21(27-30)23(31)28-29-9-11-35(32,33)12-10-29/h4-7,13H,2-3,9-12H2,1H3,(H,28,31). The van der Waals surface area contributed by atoms with Crippen molar-refractivity contribution in [2.75, 3.05) is 24.6 Å². The number of carbonyl (C=O) groups is 1. The molecule has 2 aromatic heterocycles. The lowest BCUT2D eigenvalue weighted by Crippen LogP contribution is -2.50. The van der Waals surface area contributed by atoms with Gasteiger partial charge in [0, 0.05) is 24.4 Å². The van der Waals surface area contributed by atoms with E-state index < -0.39 is 15.7 Å². The summed E-state index contributed by atoms with van der Waals surface area (Å²) in [5, 5.41) is 25.4. The highest BCUT2D eigenvalue weighted by Crippen LogP contribution is 2.36. The van der Waals surface area contributed by atoms with Gasteiger partial charge in [-0.25, -0.2) is 18.1 Å². The lowest BCUT2D eigenvalue weighted by molar-refractivity contribution is 0.0796.